The molecular formula is C12H11BrFNO4. The molecule has 0 saturated carbocycles. The third kappa shape index (κ3) is 2.62. The van der Waals surface area contributed by atoms with E-state index in [0.717, 1.165) is 0 Å². The molecule has 0 bridgehead atoms. The molecule has 1 saturated heterocycles. The molecule has 1 N–H and O–H groups in total. The zero-order valence-electron chi connectivity index (χ0n) is 9.97. The van der Waals surface area contributed by atoms with Crippen LogP contribution in [0.15, 0.2) is 22.7 Å². The molecule has 7 heteroatoms. The number of likely N-dealkylation sites (N-methyl/N-ethyl adjacent to an activating group) is 1. The van der Waals surface area contributed by atoms with Gasteiger partial charge in [0, 0.05) is 11.5 Å². The number of benzene rings is 1. The summed E-state index contributed by atoms with van der Waals surface area (Å²) >= 11 is 3.24. The van der Waals surface area contributed by atoms with Gasteiger partial charge in [-0.15, -0.1) is 0 Å². The maximum Gasteiger partial charge on any atom is 0.335 e. The molecule has 0 aromatic heterocycles. The summed E-state index contributed by atoms with van der Waals surface area (Å²) in [6, 6.07) is 3.04. The Labute approximate surface area is 117 Å². The molecule has 0 aliphatic carbocycles. The number of halogens is 2. The van der Waals surface area contributed by atoms with Crippen LogP contribution in [0, 0.1) is 5.82 Å². The normalized spacial score (nSPS) is 23.5. The fourth-order valence-electron chi connectivity index (χ4n) is 2.03. The Morgan fingerprint density at radius 3 is 2.89 bits per heavy atom. The molecule has 19 heavy (non-hydrogen) atoms. The lowest BCUT2D eigenvalue weighted by molar-refractivity contribution is -0.171. The van der Waals surface area contributed by atoms with Crippen LogP contribution in [0.25, 0.3) is 0 Å². The lowest BCUT2D eigenvalue weighted by atomic mass is 9.98. The first-order valence-electron chi connectivity index (χ1n) is 5.47. The maximum absolute atomic E-state index is 13.3. The first-order valence-corrected chi connectivity index (χ1v) is 6.26. The number of rotatable bonds is 2. The molecule has 0 spiro atoms. The second kappa shape index (κ2) is 5.26. The van der Waals surface area contributed by atoms with Crippen molar-refractivity contribution in [1.82, 2.24) is 4.90 Å². The van der Waals surface area contributed by atoms with Gasteiger partial charge in [-0.1, -0.05) is 15.9 Å². The van der Waals surface area contributed by atoms with Crippen LogP contribution in [0.3, 0.4) is 0 Å². The van der Waals surface area contributed by atoms with Gasteiger partial charge >= 0.3 is 5.97 Å². The van der Waals surface area contributed by atoms with Crippen LogP contribution in [0.5, 0.6) is 0 Å². The Morgan fingerprint density at radius 1 is 1.58 bits per heavy atom. The van der Waals surface area contributed by atoms with Crippen molar-refractivity contribution in [2.45, 2.75) is 12.1 Å². The summed E-state index contributed by atoms with van der Waals surface area (Å²) in [7, 11) is 1.48. The third-order valence-electron chi connectivity index (χ3n) is 3.00. The number of carbonyl (C=O) groups excluding carboxylic acids is 1. The van der Waals surface area contributed by atoms with Crippen LogP contribution in [-0.2, 0) is 14.3 Å². The number of morpholine rings is 1. The smallest absolute Gasteiger partial charge is 0.335 e. The van der Waals surface area contributed by atoms with Crippen LogP contribution in [0.4, 0.5) is 4.39 Å². The van der Waals surface area contributed by atoms with Gasteiger partial charge < -0.3 is 14.7 Å². The van der Waals surface area contributed by atoms with Gasteiger partial charge in [-0.2, -0.15) is 0 Å². The number of carboxylic acid groups (broad SMARTS) is 1. The zero-order valence-corrected chi connectivity index (χ0v) is 11.6. The van der Waals surface area contributed by atoms with Crippen molar-refractivity contribution in [2.75, 3.05) is 13.7 Å². The molecule has 1 aromatic rings. The molecule has 1 aliphatic heterocycles. The van der Waals surface area contributed by atoms with Gasteiger partial charge in [0.25, 0.3) is 0 Å². The standard InChI is InChI=1S/C12H11BrFNO4/c1-15-9(16)5-19-11(12(17)18)10(15)7-4-6(14)2-3-8(7)13/h2-4,10-11H,5H2,1H3,(H,17,18). The van der Waals surface area contributed by atoms with Crippen LogP contribution in [0.2, 0.25) is 0 Å². The van der Waals surface area contributed by atoms with E-state index in [1.54, 1.807) is 0 Å². The third-order valence-corrected chi connectivity index (χ3v) is 3.73. The summed E-state index contributed by atoms with van der Waals surface area (Å²) in [6.07, 6.45) is -1.22. The molecule has 1 amide bonds. The SMILES string of the molecule is CN1C(=O)COC(C(=O)O)C1c1cc(F)ccc1Br. The fraction of sp³-hybridized carbons (Fsp3) is 0.333. The van der Waals surface area contributed by atoms with Crippen molar-refractivity contribution in [3.05, 3.63) is 34.1 Å². The van der Waals surface area contributed by atoms with Gasteiger partial charge in [0.05, 0.1) is 6.04 Å². The van der Waals surface area contributed by atoms with Crippen molar-refractivity contribution in [3.63, 3.8) is 0 Å². The predicted octanol–water partition coefficient (Wildman–Crippen LogP) is 1.57. The van der Waals surface area contributed by atoms with Gasteiger partial charge in [-0.05, 0) is 23.8 Å². The van der Waals surface area contributed by atoms with Crippen molar-refractivity contribution >= 4 is 27.8 Å². The highest BCUT2D eigenvalue weighted by atomic mass is 79.9. The monoisotopic (exact) mass is 331 g/mol. The van der Waals surface area contributed by atoms with E-state index in [1.165, 1.54) is 30.1 Å². The van der Waals surface area contributed by atoms with Crippen LogP contribution in [0.1, 0.15) is 11.6 Å². The minimum absolute atomic E-state index is 0.295. The minimum atomic E-state index is -1.22. The Kier molecular flexibility index (Phi) is 3.86. The number of ether oxygens (including phenoxy) is 1. The van der Waals surface area contributed by atoms with E-state index in [9.17, 15) is 14.0 Å². The molecular weight excluding hydrogens is 321 g/mol. The van der Waals surface area contributed by atoms with Crippen LogP contribution in [-0.4, -0.2) is 41.6 Å². The molecule has 1 heterocycles. The Bertz CT molecular complexity index is 536. The second-order valence-corrected chi connectivity index (χ2v) is 5.04. The highest BCUT2D eigenvalue weighted by Gasteiger charge is 2.41. The maximum atomic E-state index is 13.3. The summed E-state index contributed by atoms with van der Waals surface area (Å²) in [5.41, 5.74) is 0.364. The Hall–Kier alpha value is -1.47. The highest BCUT2D eigenvalue weighted by Crippen LogP contribution is 2.34. The molecule has 2 unspecified atom stereocenters. The molecule has 0 radical (unpaired) electrons. The number of carbonyl (C=O) groups is 2. The average Bonchev–Trinajstić information content (AvgIpc) is 2.35. The minimum Gasteiger partial charge on any atom is -0.479 e. The van der Waals surface area contributed by atoms with Crippen molar-refractivity contribution in [3.8, 4) is 0 Å². The molecule has 5 nitrogen and oxygen atoms in total. The average molecular weight is 332 g/mol. The molecule has 2 atom stereocenters. The largest absolute Gasteiger partial charge is 0.479 e. The van der Waals surface area contributed by atoms with E-state index >= 15 is 0 Å². The summed E-state index contributed by atoms with van der Waals surface area (Å²) in [6.45, 7) is -0.295. The number of nitrogens with zero attached hydrogens (tertiary/aromatic N) is 1. The van der Waals surface area contributed by atoms with Crippen molar-refractivity contribution in [2.24, 2.45) is 0 Å². The molecule has 2 rings (SSSR count). The number of hydrogen-bond acceptors (Lipinski definition) is 3. The summed E-state index contributed by atoms with van der Waals surface area (Å²) < 4.78 is 18.9. The van der Waals surface area contributed by atoms with E-state index in [-0.39, 0.29) is 12.5 Å². The highest BCUT2D eigenvalue weighted by molar-refractivity contribution is 9.10. The topological polar surface area (TPSA) is 66.8 Å². The molecule has 1 aromatic carbocycles. The Balaban J connectivity index is 2.49. The van der Waals surface area contributed by atoms with E-state index in [0.29, 0.717) is 10.0 Å². The Morgan fingerprint density at radius 2 is 2.26 bits per heavy atom. The van der Waals surface area contributed by atoms with Gasteiger partial charge in [-0.3, -0.25) is 4.79 Å². The number of amides is 1. The number of carboxylic acids is 1. The van der Waals surface area contributed by atoms with E-state index in [1.807, 2.05) is 0 Å². The quantitative estimate of drug-likeness (QED) is 0.893. The number of aliphatic carboxylic acids is 1. The summed E-state index contributed by atoms with van der Waals surface area (Å²) in [4.78, 5) is 24.1. The second-order valence-electron chi connectivity index (χ2n) is 4.19. The van der Waals surface area contributed by atoms with Crippen LogP contribution < -0.4 is 0 Å². The van der Waals surface area contributed by atoms with Gasteiger partial charge in [0.15, 0.2) is 6.10 Å². The lowest BCUT2D eigenvalue weighted by Gasteiger charge is -2.37. The lowest BCUT2D eigenvalue weighted by Crippen LogP contribution is -2.50. The van der Waals surface area contributed by atoms with Gasteiger partial charge in [0.1, 0.15) is 12.4 Å². The van der Waals surface area contributed by atoms with E-state index in [2.05, 4.69) is 15.9 Å². The van der Waals surface area contributed by atoms with Crippen molar-refractivity contribution in [1.29, 1.82) is 0 Å². The summed E-state index contributed by atoms with van der Waals surface area (Å²) in [5, 5.41) is 9.16. The molecule has 1 fully saturated rings. The predicted molar refractivity (Wildman–Crippen MR) is 67.0 cm³/mol. The fourth-order valence-corrected chi connectivity index (χ4v) is 2.51. The van der Waals surface area contributed by atoms with Crippen molar-refractivity contribution < 1.29 is 23.8 Å². The van der Waals surface area contributed by atoms with E-state index < -0.39 is 23.9 Å². The number of hydrogen-bond donors (Lipinski definition) is 1. The van der Waals surface area contributed by atoms with Gasteiger partial charge in [0.2, 0.25) is 5.91 Å². The van der Waals surface area contributed by atoms with Gasteiger partial charge in [-0.25, -0.2) is 9.18 Å². The molecule has 102 valence electrons. The first-order chi connectivity index (χ1) is 8.91. The van der Waals surface area contributed by atoms with E-state index in [4.69, 9.17) is 9.84 Å². The zero-order chi connectivity index (χ0) is 14.2. The van der Waals surface area contributed by atoms with Crippen LogP contribution >= 0.6 is 15.9 Å². The summed E-state index contributed by atoms with van der Waals surface area (Å²) in [5.74, 6) is -2.05. The molecule has 1 aliphatic rings. The first kappa shape index (κ1) is 14.0.